The molecule has 0 aromatic carbocycles. The molecule has 0 aromatic rings. The van der Waals surface area contributed by atoms with E-state index in [2.05, 4.69) is 30.7 Å². The van der Waals surface area contributed by atoms with Crippen molar-refractivity contribution >= 4 is 5.96 Å². The van der Waals surface area contributed by atoms with Crippen LogP contribution in [0.15, 0.2) is 4.99 Å². The van der Waals surface area contributed by atoms with E-state index < -0.39 is 0 Å². The molecule has 1 rings (SSSR count). The summed E-state index contributed by atoms with van der Waals surface area (Å²) in [7, 11) is 0. The van der Waals surface area contributed by atoms with Crippen molar-refractivity contribution in [2.75, 3.05) is 13.1 Å². The third kappa shape index (κ3) is 1.71. The Kier molecular flexibility index (Phi) is 2.60. The Hall–Kier alpha value is -0.730. The number of nitrogens with zero attached hydrogens (tertiary/aromatic N) is 2. The zero-order valence-electron chi connectivity index (χ0n) is 8.30. The molecule has 2 N–H and O–H groups in total. The number of hydrogen-bond acceptors (Lipinski definition) is 3. The van der Waals surface area contributed by atoms with Gasteiger partial charge in [0.15, 0.2) is 5.96 Å². The lowest BCUT2D eigenvalue weighted by Gasteiger charge is -2.40. The normalized spacial score (nSPS) is 19.2. The summed E-state index contributed by atoms with van der Waals surface area (Å²) in [6.07, 6.45) is 2.23. The molecule has 0 amide bonds. The minimum Gasteiger partial charge on any atom is -0.370 e. The zero-order chi connectivity index (χ0) is 9.19. The van der Waals surface area contributed by atoms with Crippen molar-refractivity contribution in [1.82, 2.24) is 4.90 Å². The summed E-state index contributed by atoms with van der Waals surface area (Å²) in [6.45, 7) is 8.54. The molecule has 0 aliphatic carbocycles. The van der Waals surface area contributed by atoms with E-state index in [1.807, 2.05) is 0 Å². The van der Waals surface area contributed by atoms with E-state index in [0.717, 1.165) is 25.9 Å². The van der Waals surface area contributed by atoms with Crippen LogP contribution in [0, 0.1) is 0 Å². The van der Waals surface area contributed by atoms with Gasteiger partial charge in [-0.15, -0.1) is 0 Å². The van der Waals surface area contributed by atoms with E-state index in [0.29, 0.717) is 5.96 Å². The van der Waals surface area contributed by atoms with E-state index in [1.165, 1.54) is 0 Å². The summed E-state index contributed by atoms with van der Waals surface area (Å²) in [4.78, 5) is 6.45. The fraction of sp³-hybridized carbons (Fsp3) is 0.889. The van der Waals surface area contributed by atoms with Gasteiger partial charge in [-0.1, -0.05) is 6.92 Å². The van der Waals surface area contributed by atoms with E-state index in [1.54, 1.807) is 0 Å². The Morgan fingerprint density at radius 3 is 2.75 bits per heavy atom. The summed E-state index contributed by atoms with van der Waals surface area (Å²) in [5.41, 5.74) is 5.98. The SMILES string of the molecule is CCC(C)(C)N1CCCN=C1N. The van der Waals surface area contributed by atoms with Crippen molar-refractivity contribution in [3.8, 4) is 0 Å². The van der Waals surface area contributed by atoms with Crippen LogP contribution in [0.5, 0.6) is 0 Å². The van der Waals surface area contributed by atoms with Gasteiger partial charge in [-0.05, 0) is 26.7 Å². The van der Waals surface area contributed by atoms with Gasteiger partial charge in [0.25, 0.3) is 0 Å². The molecular formula is C9H19N3. The van der Waals surface area contributed by atoms with Crippen molar-refractivity contribution < 1.29 is 0 Å². The third-order valence-electron chi connectivity index (χ3n) is 2.69. The number of nitrogens with two attached hydrogens (primary N) is 1. The number of aliphatic imine (C=N–C) groups is 1. The Bertz CT molecular complexity index is 184. The Balaban J connectivity index is 2.73. The molecule has 0 saturated heterocycles. The van der Waals surface area contributed by atoms with Crippen LogP contribution in [0.25, 0.3) is 0 Å². The molecule has 1 heterocycles. The maximum atomic E-state index is 5.82. The van der Waals surface area contributed by atoms with Gasteiger partial charge in [0.05, 0.1) is 0 Å². The number of guanidine groups is 1. The lowest BCUT2D eigenvalue weighted by Crippen LogP contribution is -2.52. The Morgan fingerprint density at radius 2 is 2.25 bits per heavy atom. The highest BCUT2D eigenvalue weighted by Gasteiger charge is 2.27. The summed E-state index contributed by atoms with van der Waals surface area (Å²) in [5.74, 6) is 0.716. The molecule has 0 aromatic heterocycles. The minimum absolute atomic E-state index is 0.161. The van der Waals surface area contributed by atoms with E-state index in [9.17, 15) is 0 Å². The largest absolute Gasteiger partial charge is 0.370 e. The Morgan fingerprint density at radius 1 is 1.58 bits per heavy atom. The predicted molar refractivity (Wildman–Crippen MR) is 52.2 cm³/mol. The fourth-order valence-corrected chi connectivity index (χ4v) is 1.43. The van der Waals surface area contributed by atoms with Crippen molar-refractivity contribution in [2.24, 2.45) is 10.7 Å². The van der Waals surface area contributed by atoms with Gasteiger partial charge in [0, 0.05) is 18.6 Å². The molecule has 0 atom stereocenters. The standard InChI is InChI=1S/C9H19N3/c1-4-9(2,3)12-7-5-6-11-8(12)10/h4-7H2,1-3H3,(H2,10,11). The fourth-order valence-electron chi connectivity index (χ4n) is 1.43. The highest BCUT2D eigenvalue weighted by Crippen LogP contribution is 2.19. The van der Waals surface area contributed by atoms with Crippen LogP contribution in [-0.4, -0.2) is 29.5 Å². The molecule has 0 bridgehead atoms. The molecule has 0 unspecified atom stereocenters. The molecule has 1 aliphatic heterocycles. The van der Waals surface area contributed by atoms with Gasteiger partial charge in [0.1, 0.15) is 0 Å². The lowest BCUT2D eigenvalue weighted by molar-refractivity contribution is 0.196. The van der Waals surface area contributed by atoms with Crippen LogP contribution in [-0.2, 0) is 0 Å². The van der Waals surface area contributed by atoms with Crippen molar-refractivity contribution in [1.29, 1.82) is 0 Å². The molecular weight excluding hydrogens is 150 g/mol. The molecule has 0 radical (unpaired) electrons. The summed E-state index contributed by atoms with van der Waals surface area (Å²) in [5, 5.41) is 0. The van der Waals surface area contributed by atoms with Crippen molar-refractivity contribution in [3.05, 3.63) is 0 Å². The van der Waals surface area contributed by atoms with Crippen LogP contribution >= 0.6 is 0 Å². The van der Waals surface area contributed by atoms with Crippen LogP contribution in [0.1, 0.15) is 33.6 Å². The lowest BCUT2D eigenvalue weighted by atomic mass is 9.99. The molecule has 3 heteroatoms. The first-order valence-electron chi connectivity index (χ1n) is 4.65. The first kappa shape index (κ1) is 9.36. The second-order valence-electron chi connectivity index (χ2n) is 3.91. The Labute approximate surface area is 74.6 Å². The average Bonchev–Trinajstić information content (AvgIpc) is 2.05. The second-order valence-corrected chi connectivity index (χ2v) is 3.91. The number of rotatable bonds is 2. The second kappa shape index (κ2) is 3.33. The zero-order valence-corrected chi connectivity index (χ0v) is 8.30. The van der Waals surface area contributed by atoms with Gasteiger partial charge in [0.2, 0.25) is 0 Å². The predicted octanol–water partition coefficient (Wildman–Crippen LogP) is 1.20. The van der Waals surface area contributed by atoms with Crippen molar-refractivity contribution in [2.45, 2.75) is 39.2 Å². The van der Waals surface area contributed by atoms with Gasteiger partial charge < -0.3 is 10.6 Å². The van der Waals surface area contributed by atoms with Crippen molar-refractivity contribution in [3.63, 3.8) is 0 Å². The molecule has 1 aliphatic rings. The maximum absolute atomic E-state index is 5.82. The topological polar surface area (TPSA) is 41.6 Å². The van der Waals surface area contributed by atoms with Crippen LogP contribution in [0.2, 0.25) is 0 Å². The summed E-state index contributed by atoms with van der Waals surface area (Å²) < 4.78 is 0. The quantitative estimate of drug-likeness (QED) is 0.674. The highest BCUT2D eigenvalue weighted by molar-refractivity contribution is 5.79. The maximum Gasteiger partial charge on any atom is 0.191 e. The minimum atomic E-state index is 0.161. The third-order valence-corrected chi connectivity index (χ3v) is 2.69. The van der Waals surface area contributed by atoms with Gasteiger partial charge in [-0.2, -0.15) is 0 Å². The van der Waals surface area contributed by atoms with Crippen LogP contribution in [0.3, 0.4) is 0 Å². The van der Waals surface area contributed by atoms with Gasteiger partial charge >= 0.3 is 0 Å². The molecule has 0 spiro atoms. The average molecular weight is 169 g/mol. The molecule has 0 saturated carbocycles. The van der Waals surface area contributed by atoms with E-state index in [4.69, 9.17) is 5.73 Å². The van der Waals surface area contributed by atoms with Gasteiger partial charge in [-0.25, -0.2) is 0 Å². The van der Waals surface area contributed by atoms with Crippen LogP contribution in [0.4, 0.5) is 0 Å². The first-order valence-corrected chi connectivity index (χ1v) is 4.65. The smallest absolute Gasteiger partial charge is 0.191 e. The molecule has 70 valence electrons. The van der Waals surface area contributed by atoms with E-state index in [-0.39, 0.29) is 5.54 Å². The van der Waals surface area contributed by atoms with Gasteiger partial charge in [-0.3, -0.25) is 4.99 Å². The number of hydrogen-bond donors (Lipinski definition) is 1. The molecule has 0 fully saturated rings. The first-order chi connectivity index (χ1) is 5.58. The molecule has 3 nitrogen and oxygen atoms in total. The summed E-state index contributed by atoms with van der Waals surface area (Å²) >= 11 is 0. The molecule has 12 heavy (non-hydrogen) atoms. The monoisotopic (exact) mass is 169 g/mol. The summed E-state index contributed by atoms with van der Waals surface area (Å²) in [6, 6.07) is 0. The highest BCUT2D eigenvalue weighted by atomic mass is 15.3. The van der Waals surface area contributed by atoms with E-state index >= 15 is 0 Å². The van der Waals surface area contributed by atoms with Crippen LogP contribution < -0.4 is 5.73 Å².